The first-order chi connectivity index (χ1) is 17.9. The van der Waals surface area contributed by atoms with Crippen molar-refractivity contribution in [2.45, 2.75) is 13.5 Å². The highest BCUT2D eigenvalue weighted by Crippen LogP contribution is 2.28. The highest BCUT2D eigenvalue weighted by Gasteiger charge is 2.27. The lowest BCUT2D eigenvalue weighted by Gasteiger charge is -2.25. The zero-order valence-corrected chi connectivity index (χ0v) is 20.2. The minimum atomic E-state index is -0.614. The normalized spacial score (nSPS) is 14.4. The van der Waals surface area contributed by atoms with E-state index in [1.165, 1.54) is 7.11 Å². The molecule has 1 saturated heterocycles. The summed E-state index contributed by atoms with van der Waals surface area (Å²) < 4.78 is 21.9. The van der Waals surface area contributed by atoms with Gasteiger partial charge in [0.1, 0.15) is 5.69 Å². The summed E-state index contributed by atoms with van der Waals surface area (Å²) >= 11 is 0. The van der Waals surface area contributed by atoms with E-state index in [0.717, 1.165) is 4.68 Å². The second kappa shape index (κ2) is 11.4. The van der Waals surface area contributed by atoms with E-state index in [4.69, 9.17) is 25.7 Å². The third kappa shape index (κ3) is 5.99. The van der Waals surface area contributed by atoms with Crippen molar-refractivity contribution < 1.29 is 28.4 Å². The average molecular weight is 515 g/mol. The number of morpholine rings is 1. The Bertz CT molecular complexity index is 1300. The van der Waals surface area contributed by atoms with E-state index < -0.39 is 11.8 Å². The molecule has 0 saturated carbocycles. The minimum absolute atomic E-state index is 0.0304. The van der Waals surface area contributed by atoms with Gasteiger partial charge in [-0.2, -0.15) is 9.78 Å². The molecule has 0 bridgehead atoms. The number of nitrogen functional groups attached to an aromatic ring is 1. The van der Waals surface area contributed by atoms with Crippen molar-refractivity contribution in [2.75, 3.05) is 45.8 Å². The maximum absolute atomic E-state index is 13.3. The minimum Gasteiger partial charge on any atom is -0.493 e. The maximum atomic E-state index is 13.3. The highest BCUT2D eigenvalue weighted by molar-refractivity contribution is 6.01. The SMILES string of the molecule is COc1cc(/C(C)=N\NC(=O)c2c(CN3CCOCC3)nnn2-c2nonc2N)ccc1OCC(N)=O. The zero-order valence-electron chi connectivity index (χ0n) is 20.2. The largest absolute Gasteiger partial charge is 0.493 e. The Kier molecular flexibility index (Phi) is 7.89. The molecular weight excluding hydrogens is 488 g/mol. The number of nitrogens with zero attached hydrogens (tertiary/aromatic N) is 7. The number of aromatic nitrogens is 5. The number of benzene rings is 1. The van der Waals surface area contributed by atoms with Crippen LogP contribution in [0.15, 0.2) is 27.9 Å². The van der Waals surface area contributed by atoms with Crippen LogP contribution < -0.4 is 26.4 Å². The molecule has 4 rings (SSSR count). The fourth-order valence-electron chi connectivity index (χ4n) is 3.52. The van der Waals surface area contributed by atoms with E-state index in [2.05, 4.69) is 40.7 Å². The molecule has 1 fully saturated rings. The number of nitrogens with one attached hydrogen (secondary N) is 1. The van der Waals surface area contributed by atoms with Crippen LogP contribution in [-0.2, 0) is 16.1 Å². The lowest BCUT2D eigenvalue weighted by atomic mass is 10.1. The number of rotatable bonds is 10. The molecule has 16 nitrogen and oxygen atoms in total. The van der Waals surface area contributed by atoms with Crippen molar-refractivity contribution in [2.24, 2.45) is 10.8 Å². The summed E-state index contributed by atoms with van der Waals surface area (Å²) in [5.41, 5.74) is 15.0. The Morgan fingerprint density at radius 1 is 1.22 bits per heavy atom. The highest BCUT2D eigenvalue weighted by atomic mass is 16.6. The molecule has 3 heterocycles. The van der Waals surface area contributed by atoms with Crippen LogP contribution in [0.4, 0.5) is 5.82 Å². The second-order valence-electron chi connectivity index (χ2n) is 7.92. The molecule has 0 spiro atoms. The second-order valence-corrected chi connectivity index (χ2v) is 7.92. The third-order valence-corrected chi connectivity index (χ3v) is 5.40. The standard InChI is InChI=1S/C21H26N10O6/c1-12(13-3-4-15(16(9-13)34-2)36-11-17(22)32)24-26-21(33)18-14(10-30-5-7-35-8-6-30)25-29-31(18)20-19(23)27-37-28-20/h3-4,9H,5-8,10-11H2,1-2H3,(H2,22,32)(H2,23,27)(H,26,33)/b24-12-. The van der Waals surface area contributed by atoms with E-state index >= 15 is 0 Å². The molecule has 1 aromatic carbocycles. The number of anilines is 1. The van der Waals surface area contributed by atoms with Gasteiger partial charge in [0.2, 0.25) is 11.6 Å². The summed E-state index contributed by atoms with van der Waals surface area (Å²) in [5.74, 6) is -0.530. The van der Waals surface area contributed by atoms with Gasteiger partial charge in [0, 0.05) is 25.2 Å². The van der Waals surface area contributed by atoms with Gasteiger partial charge in [-0.25, -0.2) is 10.1 Å². The molecule has 5 N–H and O–H groups in total. The van der Waals surface area contributed by atoms with Crippen molar-refractivity contribution in [1.29, 1.82) is 0 Å². The van der Waals surface area contributed by atoms with Crippen LogP contribution in [-0.4, -0.2) is 87.8 Å². The molecule has 2 amide bonds. The fourth-order valence-corrected chi connectivity index (χ4v) is 3.52. The Morgan fingerprint density at radius 2 is 2.00 bits per heavy atom. The van der Waals surface area contributed by atoms with Gasteiger partial charge in [-0.15, -0.1) is 5.10 Å². The molecule has 16 heteroatoms. The number of methoxy groups -OCH3 is 1. The van der Waals surface area contributed by atoms with Gasteiger partial charge in [0.25, 0.3) is 11.8 Å². The number of ether oxygens (including phenoxy) is 3. The number of hydrogen-bond acceptors (Lipinski definition) is 13. The van der Waals surface area contributed by atoms with E-state index in [1.807, 2.05) is 0 Å². The quantitative estimate of drug-likeness (QED) is 0.222. The Morgan fingerprint density at radius 3 is 2.68 bits per heavy atom. The van der Waals surface area contributed by atoms with Gasteiger partial charge in [-0.05, 0) is 35.4 Å². The van der Waals surface area contributed by atoms with E-state index in [9.17, 15) is 9.59 Å². The molecule has 196 valence electrons. The number of nitrogens with two attached hydrogens (primary N) is 2. The maximum Gasteiger partial charge on any atom is 0.292 e. The first-order valence-corrected chi connectivity index (χ1v) is 11.1. The molecule has 0 radical (unpaired) electrons. The van der Waals surface area contributed by atoms with Crippen LogP contribution >= 0.6 is 0 Å². The monoisotopic (exact) mass is 514 g/mol. The summed E-state index contributed by atoms with van der Waals surface area (Å²) in [4.78, 5) is 26.4. The lowest BCUT2D eigenvalue weighted by molar-refractivity contribution is -0.119. The van der Waals surface area contributed by atoms with E-state index in [-0.39, 0.29) is 23.9 Å². The number of amides is 2. The first kappa shape index (κ1) is 25.5. The molecular formula is C21H26N10O6. The predicted octanol–water partition coefficient (Wildman–Crippen LogP) is -0.909. The van der Waals surface area contributed by atoms with Crippen molar-refractivity contribution in [1.82, 2.24) is 35.6 Å². The van der Waals surface area contributed by atoms with E-state index in [0.29, 0.717) is 61.3 Å². The fraction of sp³-hybridized carbons (Fsp3) is 0.381. The van der Waals surface area contributed by atoms with Crippen LogP contribution in [0.3, 0.4) is 0 Å². The number of primary amides is 1. The topological polar surface area (TPSA) is 211 Å². The van der Waals surface area contributed by atoms with Gasteiger partial charge >= 0.3 is 0 Å². The number of hydrazone groups is 1. The van der Waals surface area contributed by atoms with Gasteiger partial charge in [0.15, 0.2) is 23.8 Å². The molecule has 0 aliphatic carbocycles. The van der Waals surface area contributed by atoms with Crippen molar-refractivity contribution >= 4 is 23.3 Å². The molecule has 0 atom stereocenters. The van der Waals surface area contributed by atoms with Crippen LogP contribution in [0.2, 0.25) is 0 Å². The molecule has 3 aromatic rings. The summed E-state index contributed by atoms with van der Waals surface area (Å²) in [5, 5.41) is 19.7. The van der Waals surface area contributed by atoms with Crippen molar-refractivity contribution in [3.8, 4) is 17.3 Å². The summed E-state index contributed by atoms with van der Waals surface area (Å²) in [6.45, 7) is 4.27. The number of carbonyl (C=O) groups excluding carboxylic acids is 2. The zero-order chi connectivity index (χ0) is 26.4. The summed E-state index contributed by atoms with van der Waals surface area (Å²) in [7, 11) is 1.46. The number of hydrogen-bond donors (Lipinski definition) is 3. The Balaban J connectivity index is 1.57. The van der Waals surface area contributed by atoms with Gasteiger partial charge in [0.05, 0.1) is 26.0 Å². The molecule has 0 unspecified atom stereocenters. The Hall–Kier alpha value is -4.57. The molecule has 2 aromatic heterocycles. The Labute approximate surface area is 210 Å². The predicted molar refractivity (Wildman–Crippen MR) is 127 cm³/mol. The van der Waals surface area contributed by atoms with Crippen LogP contribution in [0.5, 0.6) is 11.5 Å². The summed E-state index contributed by atoms with van der Waals surface area (Å²) in [6, 6.07) is 4.96. The van der Waals surface area contributed by atoms with Gasteiger partial charge in [-0.1, -0.05) is 5.21 Å². The number of carbonyl (C=O) groups is 2. The van der Waals surface area contributed by atoms with Crippen molar-refractivity contribution in [3.63, 3.8) is 0 Å². The van der Waals surface area contributed by atoms with Gasteiger partial charge in [-0.3, -0.25) is 14.5 Å². The average Bonchev–Trinajstić information content (AvgIpc) is 3.51. The molecule has 1 aliphatic heterocycles. The summed E-state index contributed by atoms with van der Waals surface area (Å²) in [6.07, 6.45) is 0. The van der Waals surface area contributed by atoms with Crippen LogP contribution in [0, 0.1) is 0 Å². The van der Waals surface area contributed by atoms with E-state index in [1.54, 1.807) is 25.1 Å². The smallest absolute Gasteiger partial charge is 0.292 e. The lowest BCUT2D eigenvalue weighted by Crippen LogP contribution is -2.36. The third-order valence-electron chi connectivity index (χ3n) is 5.40. The van der Waals surface area contributed by atoms with Gasteiger partial charge < -0.3 is 25.7 Å². The molecule has 1 aliphatic rings. The van der Waals surface area contributed by atoms with Crippen LogP contribution in [0.1, 0.15) is 28.7 Å². The molecule has 37 heavy (non-hydrogen) atoms. The van der Waals surface area contributed by atoms with Crippen molar-refractivity contribution in [3.05, 3.63) is 35.2 Å². The van der Waals surface area contributed by atoms with Crippen LogP contribution in [0.25, 0.3) is 5.82 Å². The first-order valence-electron chi connectivity index (χ1n) is 11.1.